The van der Waals surface area contributed by atoms with E-state index >= 15 is 0 Å². The fourth-order valence-corrected chi connectivity index (χ4v) is 2.81. The van der Waals surface area contributed by atoms with Gasteiger partial charge in [-0.05, 0) is 12.8 Å². The molecule has 8 nitrogen and oxygen atoms in total. The molecule has 3 aromatic rings. The zero-order valence-corrected chi connectivity index (χ0v) is 13.3. The number of hydrogen-bond donors (Lipinski definition) is 2. The number of carbonyl (C=O) groups excluding carboxylic acids is 1. The molecule has 1 aromatic carbocycles. The lowest BCUT2D eigenvalue weighted by Crippen LogP contribution is -2.43. The van der Waals surface area contributed by atoms with Gasteiger partial charge in [0, 0.05) is 23.6 Å². The van der Waals surface area contributed by atoms with Crippen LogP contribution in [0.5, 0.6) is 0 Å². The molecule has 2 aromatic heterocycles. The van der Waals surface area contributed by atoms with Gasteiger partial charge in [0.05, 0.1) is 0 Å². The van der Waals surface area contributed by atoms with E-state index in [-0.39, 0.29) is 36.1 Å². The molecule has 0 bridgehead atoms. The Bertz CT molecular complexity index is 868. The first-order valence-corrected chi connectivity index (χ1v) is 7.99. The van der Waals surface area contributed by atoms with Crippen molar-refractivity contribution >= 4 is 5.91 Å². The Morgan fingerprint density at radius 1 is 1.24 bits per heavy atom. The summed E-state index contributed by atoms with van der Waals surface area (Å²) >= 11 is 0. The highest BCUT2D eigenvalue weighted by Crippen LogP contribution is 2.36. The smallest absolute Gasteiger partial charge is 0.273 e. The first-order chi connectivity index (χ1) is 12.2. The number of aliphatic hydroxyl groups is 1. The van der Waals surface area contributed by atoms with E-state index < -0.39 is 0 Å². The van der Waals surface area contributed by atoms with Crippen LogP contribution in [0.3, 0.4) is 0 Å². The number of aromatic nitrogens is 3. The number of hydrogen-bond acceptors (Lipinski definition) is 7. The van der Waals surface area contributed by atoms with E-state index in [1.165, 1.54) is 0 Å². The molecule has 0 spiro atoms. The molecule has 0 aliphatic heterocycles. The molecule has 0 radical (unpaired) electrons. The van der Waals surface area contributed by atoms with E-state index in [1.54, 1.807) is 6.07 Å². The summed E-state index contributed by atoms with van der Waals surface area (Å²) in [5, 5.41) is 23.3. The number of aliphatic hydroxyl groups excluding tert-OH is 1. The van der Waals surface area contributed by atoms with Crippen LogP contribution in [0.4, 0.5) is 0 Å². The van der Waals surface area contributed by atoms with Crippen molar-refractivity contribution in [3.8, 4) is 11.3 Å². The minimum absolute atomic E-state index is 0.0267. The molecule has 1 aliphatic rings. The van der Waals surface area contributed by atoms with Crippen molar-refractivity contribution in [1.29, 1.82) is 0 Å². The number of carbonyl (C=O) groups is 1. The van der Waals surface area contributed by atoms with Gasteiger partial charge in [0.25, 0.3) is 5.91 Å². The largest absolute Gasteiger partial charge is 0.422 e. The zero-order chi connectivity index (χ0) is 17.2. The van der Waals surface area contributed by atoms with E-state index in [9.17, 15) is 4.79 Å². The number of amides is 1. The predicted molar refractivity (Wildman–Crippen MR) is 85.4 cm³/mol. The van der Waals surface area contributed by atoms with Gasteiger partial charge in [-0.3, -0.25) is 4.79 Å². The van der Waals surface area contributed by atoms with Crippen molar-refractivity contribution in [2.24, 2.45) is 0 Å². The molecule has 0 unspecified atom stereocenters. The summed E-state index contributed by atoms with van der Waals surface area (Å²) in [6, 6.07) is 11.1. The normalized spacial score (nSPS) is 19.4. The third-order valence-electron chi connectivity index (χ3n) is 4.24. The average Bonchev–Trinajstić information content (AvgIpc) is 3.27. The van der Waals surface area contributed by atoms with E-state index in [0.29, 0.717) is 24.5 Å². The third kappa shape index (κ3) is 3.16. The van der Waals surface area contributed by atoms with Crippen LogP contribution < -0.4 is 5.32 Å². The van der Waals surface area contributed by atoms with Crippen LogP contribution in [0.25, 0.3) is 11.3 Å². The molecule has 0 saturated heterocycles. The number of benzene rings is 1. The van der Waals surface area contributed by atoms with Crippen LogP contribution in [-0.4, -0.2) is 32.4 Å². The lowest BCUT2D eigenvalue weighted by molar-refractivity contribution is 0.0893. The number of nitrogens with zero attached hydrogens (tertiary/aromatic N) is 3. The molecular formula is C17H16N4O4. The highest BCUT2D eigenvalue weighted by Gasteiger charge is 2.35. The number of nitrogens with one attached hydrogen (secondary N) is 1. The Morgan fingerprint density at radius 2 is 2.04 bits per heavy atom. The van der Waals surface area contributed by atoms with Crippen LogP contribution in [0.1, 0.15) is 41.0 Å². The monoisotopic (exact) mass is 340 g/mol. The zero-order valence-electron chi connectivity index (χ0n) is 13.3. The lowest BCUT2D eigenvalue weighted by Gasteiger charge is -2.33. The Hall–Kier alpha value is -3.00. The second-order valence-corrected chi connectivity index (χ2v) is 5.97. The van der Waals surface area contributed by atoms with E-state index in [2.05, 4.69) is 20.7 Å². The van der Waals surface area contributed by atoms with Gasteiger partial charge < -0.3 is 19.4 Å². The van der Waals surface area contributed by atoms with Crippen LogP contribution in [0.15, 0.2) is 45.3 Å². The molecule has 1 amide bonds. The molecule has 2 heterocycles. The Kier molecular flexibility index (Phi) is 4.02. The quantitative estimate of drug-likeness (QED) is 0.729. The topological polar surface area (TPSA) is 114 Å². The van der Waals surface area contributed by atoms with E-state index in [0.717, 1.165) is 5.56 Å². The second-order valence-electron chi connectivity index (χ2n) is 5.97. The Labute approximate surface area is 142 Å². The van der Waals surface area contributed by atoms with Gasteiger partial charge in [0.2, 0.25) is 11.8 Å². The molecule has 1 fully saturated rings. The van der Waals surface area contributed by atoms with Crippen LogP contribution in [0, 0.1) is 0 Å². The van der Waals surface area contributed by atoms with Gasteiger partial charge >= 0.3 is 0 Å². The molecule has 4 rings (SSSR count). The maximum atomic E-state index is 12.3. The minimum Gasteiger partial charge on any atom is -0.422 e. The summed E-state index contributed by atoms with van der Waals surface area (Å²) in [4.78, 5) is 12.3. The van der Waals surface area contributed by atoms with E-state index in [1.807, 2.05) is 30.3 Å². The molecule has 25 heavy (non-hydrogen) atoms. The summed E-state index contributed by atoms with van der Waals surface area (Å²) in [5.74, 6) is 1.10. The summed E-state index contributed by atoms with van der Waals surface area (Å²) < 4.78 is 10.6. The van der Waals surface area contributed by atoms with Crippen molar-refractivity contribution in [3.63, 3.8) is 0 Å². The van der Waals surface area contributed by atoms with Crippen molar-refractivity contribution < 1.29 is 18.8 Å². The SMILES string of the molecule is O=C(N[C@H]1C[C@@H](c2nnc(CO)o2)C1)c1cc(-c2ccccc2)on1. The first kappa shape index (κ1) is 15.5. The van der Waals surface area contributed by atoms with E-state index in [4.69, 9.17) is 14.0 Å². The molecule has 2 N–H and O–H groups in total. The van der Waals surface area contributed by atoms with Gasteiger partial charge in [-0.1, -0.05) is 35.5 Å². The summed E-state index contributed by atoms with van der Waals surface area (Å²) in [5.41, 5.74) is 1.12. The maximum Gasteiger partial charge on any atom is 0.273 e. The molecular weight excluding hydrogens is 324 g/mol. The molecule has 0 atom stereocenters. The van der Waals surface area contributed by atoms with Gasteiger partial charge in [-0.15, -0.1) is 10.2 Å². The fourth-order valence-electron chi connectivity index (χ4n) is 2.81. The van der Waals surface area contributed by atoms with Gasteiger partial charge in [-0.2, -0.15) is 0 Å². The second kappa shape index (κ2) is 6.48. The minimum atomic E-state index is -0.268. The average molecular weight is 340 g/mol. The van der Waals surface area contributed by atoms with Crippen molar-refractivity contribution in [2.75, 3.05) is 0 Å². The van der Waals surface area contributed by atoms with Crippen molar-refractivity contribution in [1.82, 2.24) is 20.7 Å². The van der Waals surface area contributed by atoms with Gasteiger partial charge in [-0.25, -0.2) is 0 Å². The standard InChI is InChI=1S/C17H16N4O4/c22-9-15-19-20-17(24-15)11-6-12(7-11)18-16(23)13-8-14(25-21-13)10-4-2-1-3-5-10/h1-5,8,11-12,22H,6-7,9H2,(H,18,23)/t11-,12+. The molecule has 1 saturated carbocycles. The summed E-state index contributed by atoms with van der Waals surface area (Å²) in [6.07, 6.45) is 1.42. The number of rotatable bonds is 5. The van der Waals surface area contributed by atoms with Crippen LogP contribution in [-0.2, 0) is 6.61 Å². The molecule has 1 aliphatic carbocycles. The maximum absolute atomic E-state index is 12.3. The Morgan fingerprint density at radius 3 is 2.76 bits per heavy atom. The van der Waals surface area contributed by atoms with Gasteiger partial charge in [0.1, 0.15) is 6.61 Å². The Balaban J connectivity index is 1.34. The summed E-state index contributed by atoms with van der Waals surface area (Å²) in [7, 11) is 0. The first-order valence-electron chi connectivity index (χ1n) is 7.99. The van der Waals surface area contributed by atoms with Gasteiger partial charge in [0.15, 0.2) is 11.5 Å². The fraction of sp³-hybridized carbons (Fsp3) is 0.294. The highest BCUT2D eigenvalue weighted by atomic mass is 16.5. The summed E-state index contributed by atoms with van der Waals surface area (Å²) in [6.45, 7) is -0.268. The molecule has 128 valence electrons. The van der Waals surface area contributed by atoms with Crippen LogP contribution >= 0.6 is 0 Å². The third-order valence-corrected chi connectivity index (χ3v) is 4.24. The van der Waals surface area contributed by atoms with Crippen molar-refractivity contribution in [3.05, 3.63) is 53.9 Å². The highest BCUT2D eigenvalue weighted by molar-refractivity contribution is 5.93. The van der Waals surface area contributed by atoms with Crippen LogP contribution in [0.2, 0.25) is 0 Å². The lowest BCUT2D eigenvalue weighted by atomic mass is 9.80. The molecule has 8 heteroatoms. The van der Waals surface area contributed by atoms with Crippen molar-refractivity contribution in [2.45, 2.75) is 31.4 Å². The predicted octanol–water partition coefficient (Wildman–Crippen LogP) is 1.89.